The van der Waals surface area contributed by atoms with E-state index in [2.05, 4.69) is 54.8 Å². The van der Waals surface area contributed by atoms with E-state index < -0.39 is 6.10 Å². The molecule has 6 bridgehead atoms. The lowest BCUT2D eigenvalue weighted by Gasteiger charge is -2.46. The van der Waals surface area contributed by atoms with E-state index in [1.807, 2.05) is 6.07 Å². The molecule has 1 saturated heterocycles. The van der Waals surface area contributed by atoms with Crippen LogP contribution in [-0.4, -0.2) is 40.1 Å². The maximum absolute atomic E-state index is 13.6. The zero-order valence-electron chi connectivity index (χ0n) is 21.8. The Morgan fingerprint density at radius 3 is 2.86 bits per heavy atom. The SMILES string of the molecule is CC[C@]12CCCC(C)c3ccc4c(c3)[C@@H](NCc3ccc5c(c3)[C@@H](CCO5)N(C(=N)N1)C(=O)C2)[C@H](O)C4. The first-order valence-electron chi connectivity index (χ1n) is 13.9. The van der Waals surface area contributed by atoms with E-state index in [-0.39, 0.29) is 29.5 Å². The highest BCUT2D eigenvalue weighted by atomic mass is 16.5. The predicted molar refractivity (Wildman–Crippen MR) is 143 cm³/mol. The maximum Gasteiger partial charge on any atom is 0.232 e. The Labute approximate surface area is 219 Å². The summed E-state index contributed by atoms with van der Waals surface area (Å²) in [5.74, 6) is 1.40. The van der Waals surface area contributed by atoms with Crippen LogP contribution in [0.25, 0.3) is 0 Å². The molecule has 7 rings (SSSR count). The van der Waals surface area contributed by atoms with Crippen molar-refractivity contribution in [1.82, 2.24) is 15.5 Å². The van der Waals surface area contributed by atoms with Crippen molar-refractivity contribution in [2.45, 2.75) is 95.0 Å². The Bertz CT molecular complexity index is 1210. The number of hydrogen-bond donors (Lipinski definition) is 4. The van der Waals surface area contributed by atoms with Gasteiger partial charge in [0.1, 0.15) is 5.75 Å². The van der Waals surface area contributed by atoms with E-state index in [0.717, 1.165) is 42.6 Å². The van der Waals surface area contributed by atoms with E-state index in [4.69, 9.17) is 10.1 Å². The van der Waals surface area contributed by atoms with E-state index in [9.17, 15) is 9.90 Å². The molecule has 0 spiro atoms. The van der Waals surface area contributed by atoms with Crippen molar-refractivity contribution >= 4 is 11.9 Å². The largest absolute Gasteiger partial charge is 0.493 e. The van der Waals surface area contributed by atoms with Crippen LogP contribution in [0.2, 0.25) is 0 Å². The zero-order chi connectivity index (χ0) is 25.7. The smallest absolute Gasteiger partial charge is 0.232 e. The number of nitrogens with one attached hydrogen (secondary N) is 3. The number of aliphatic hydroxyl groups excluding tert-OH is 1. The van der Waals surface area contributed by atoms with Crippen LogP contribution in [0.15, 0.2) is 36.4 Å². The van der Waals surface area contributed by atoms with Gasteiger partial charge < -0.3 is 20.5 Å². The quantitative estimate of drug-likeness (QED) is 0.462. The number of fused-ring (bicyclic) bond motifs is 6. The van der Waals surface area contributed by atoms with Gasteiger partial charge in [-0.15, -0.1) is 0 Å². The lowest BCUT2D eigenvalue weighted by molar-refractivity contribution is -0.133. The highest BCUT2D eigenvalue weighted by Gasteiger charge is 2.44. The number of nitrogens with zero attached hydrogens (tertiary/aromatic N) is 1. The summed E-state index contributed by atoms with van der Waals surface area (Å²) >= 11 is 0. The molecule has 1 unspecified atom stereocenters. The Morgan fingerprint density at radius 1 is 1.19 bits per heavy atom. The van der Waals surface area contributed by atoms with E-state index >= 15 is 0 Å². The van der Waals surface area contributed by atoms with Crippen molar-refractivity contribution < 1.29 is 14.6 Å². The fourth-order valence-corrected chi connectivity index (χ4v) is 6.86. The Hall–Kier alpha value is -2.90. The molecule has 4 aliphatic heterocycles. The summed E-state index contributed by atoms with van der Waals surface area (Å²) in [7, 11) is 0. The average Bonchev–Trinajstić information content (AvgIpc) is 3.20. The van der Waals surface area contributed by atoms with Crippen LogP contribution in [0.3, 0.4) is 0 Å². The number of ether oxygens (including phenoxy) is 1. The third-order valence-corrected chi connectivity index (χ3v) is 9.16. The molecule has 1 amide bonds. The molecule has 2 aromatic rings. The molecule has 4 heterocycles. The number of hydrogen-bond acceptors (Lipinski definition) is 5. The minimum atomic E-state index is -0.449. The summed E-state index contributed by atoms with van der Waals surface area (Å²) < 4.78 is 5.95. The zero-order valence-corrected chi connectivity index (χ0v) is 21.8. The number of aliphatic hydroxyl groups is 1. The summed E-state index contributed by atoms with van der Waals surface area (Å²) in [6.45, 7) is 5.51. The highest BCUT2D eigenvalue weighted by molar-refractivity contribution is 5.99. The summed E-state index contributed by atoms with van der Waals surface area (Å²) in [6, 6.07) is 12.5. The fourth-order valence-electron chi connectivity index (χ4n) is 6.86. The van der Waals surface area contributed by atoms with Crippen LogP contribution in [0.5, 0.6) is 5.75 Å². The topological polar surface area (TPSA) is 97.7 Å². The summed E-state index contributed by atoms with van der Waals surface area (Å²) in [4.78, 5) is 15.3. The minimum absolute atomic E-state index is 0.0236. The molecular weight excluding hydrogens is 464 g/mol. The second-order valence-corrected chi connectivity index (χ2v) is 11.5. The Kier molecular flexibility index (Phi) is 6.24. The van der Waals surface area contributed by atoms with E-state index in [0.29, 0.717) is 38.3 Å². The van der Waals surface area contributed by atoms with Gasteiger partial charge in [0, 0.05) is 30.5 Å². The van der Waals surface area contributed by atoms with Gasteiger partial charge in [-0.3, -0.25) is 15.1 Å². The first kappa shape index (κ1) is 24.4. The number of guanidine groups is 1. The molecule has 7 heteroatoms. The minimum Gasteiger partial charge on any atom is -0.493 e. The van der Waals surface area contributed by atoms with Crippen LogP contribution in [0, 0.1) is 5.41 Å². The molecule has 0 radical (unpaired) electrons. The third kappa shape index (κ3) is 4.32. The molecular formula is C30H38N4O3. The van der Waals surface area contributed by atoms with Gasteiger partial charge in [0.05, 0.1) is 31.2 Å². The molecule has 5 aliphatic rings. The van der Waals surface area contributed by atoms with Crippen LogP contribution in [0.4, 0.5) is 0 Å². The summed E-state index contributed by atoms with van der Waals surface area (Å²) in [6.07, 6.45) is 4.96. The molecule has 0 saturated carbocycles. The van der Waals surface area contributed by atoms with Crippen molar-refractivity contribution in [1.29, 1.82) is 5.41 Å². The molecule has 1 aliphatic carbocycles. The molecule has 37 heavy (non-hydrogen) atoms. The van der Waals surface area contributed by atoms with E-state index in [1.165, 1.54) is 16.7 Å². The maximum atomic E-state index is 13.6. The first-order chi connectivity index (χ1) is 17.9. The highest BCUT2D eigenvalue weighted by Crippen LogP contribution is 2.41. The predicted octanol–water partition coefficient (Wildman–Crippen LogP) is 4.45. The number of carbonyl (C=O) groups excluding carboxylic acids is 1. The van der Waals surface area contributed by atoms with Crippen LogP contribution < -0.4 is 15.4 Å². The van der Waals surface area contributed by atoms with Crippen molar-refractivity contribution in [2.75, 3.05) is 6.61 Å². The molecule has 1 fully saturated rings. The van der Waals surface area contributed by atoms with Crippen LogP contribution in [0.1, 0.15) is 98.2 Å². The van der Waals surface area contributed by atoms with Crippen molar-refractivity contribution in [3.05, 3.63) is 64.2 Å². The van der Waals surface area contributed by atoms with Crippen LogP contribution >= 0.6 is 0 Å². The van der Waals surface area contributed by atoms with Crippen molar-refractivity contribution in [3.8, 4) is 5.75 Å². The van der Waals surface area contributed by atoms with Gasteiger partial charge in [-0.05, 0) is 59.6 Å². The van der Waals surface area contributed by atoms with Crippen molar-refractivity contribution in [2.24, 2.45) is 0 Å². The number of rotatable bonds is 1. The normalized spacial score (nSPS) is 31.4. The monoisotopic (exact) mass is 502 g/mol. The second kappa shape index (κ2) is 9.44. The third-order valence-electron chi connectivity index (χ3n) is 9.16. The van der Waals surface area contributed by atoms with Gasteiger partial charge in [-0.1, -0.05) is 44.5 Å². The van der Waals surface area contributed by atoms with Gasteiger partial charge in [0.2, 0.25) is 5.91 Å². The van der Waals surface area contributed by atoms with E-state index in [1.54, 1.807) is 4.90 Å². The summed E-state index contributed by atoms with van der Waals surface area (Å²) in [5.41, 5.74) is 5.40. The van der Waals surface area contributed by atoms with Gasteiger partial charge in [-0.25, -0.2) is 0 Å². The van der Waals surface area contributed by atoms with Gasteiger partial charge in [0.25, 0.3) is 0 Å². The number of amides is 1. The number of carbonyl (C=O) groups is 1. The van der Waals surface area contributed by atoms with Gasteiger partial charge in [-0.2, -0.15) is 0 Å². The summed E-state index contributed by atoms with van der Waals surface area (Å²) in [5, 5.41) is 26.9. The lowest BCUT2D eigenvalue weighted by Crippen LogP contribution is -2.63. The second-order valence-electron chi connectivity index (χ2n) is 11.5. The van der Waals surface area contributed by atoms with Gasteiger partial charge in [0.15, 0.2) is 5.96 Å². The Morgan fingerprint density at radius 2 is 2.05 bits per heavy atom. The molecule has 5 atom stereocenters. The number of benzene rings is 2. The molecule has 4 N–H and O–H groups in total. The molecule has 7 nitrogen and oxygen atoms in total. The van der Waals surface area contributed by atoms with Gasteiger partial charge >= 0.3 is 0 Å². The standard InChI is InChI=1S/C30H38N4O3/c1-3-30-11-4-5-18(2)20-7-8-21-15-25(35)28(22(21)14-20)32-17-19-6-9-26-23(13-19)24(10-12-37-26)34(27(36)16-30)29(31)33-30/h6-9,13-14,18,24-25,28,32,35H,3-5,10-12,15-17H2,1-2H3,(H2,31,33)/t18?,24-,25-,28-,30-/m1/s1. The Balaban J connectivity index is 1.39. The average molecular weight is 503 g/mol. The lowest BCUT2D eigenvalue weighted by atomic mass is 9.82. The fraction of sp³-hybridized carbons (Fsp3) is 0.533. The van der Waals surface area contributed by atoms with Crippen LogP contribution in [-0.2, 0) is 17.8 Å². The molecule has 0 aromatic heterocycles. The van der Waals surface area contributed by atoms with Crippen molar-refractivity contribution in [3.63, 3.8) is 0 Å². The molecule has 2 aromatic carbocycles. The molecule has 196 valence electrons. The first-order valence-corrected chi connectivity index (χ1v) is 13.9.